The van der Waals surface area contributed by atoms with E-state index in [1.807, 2.05) is 18.2 Å². The third kappa shape index (κ3) is 4.13. The quantitative estimate of drug-likeness (QED) is 0.490. The van der Waals surface area contributed by atoms with Gasteiger partial charge in [0.15, 0.2) is 0 Å². The number of epoxide rings is 4. The minimum Gasteiger partial charge on any atom is -0.400 e. The Bertz CT molecular complexity index is 901. The molecule has 4 aliphatic heterocycles. The van der Waals surface area contributed by atoms with Gasteiger partial charge in [0.05, 0.1) is 62.4 Å². The lowest BCUT2D eigenvalue weighted by molar-refractivity contribution is 0.317. The second-order valence-electron chi connectivity index (χ2n) is 9.47. The molecule has 31 heavy (non-hydrogen) atoms. The Morgan fingerprint density at radius 3 is 1.94 bits per heavy atom. The van der Waals surface area contributed by atoms with Gasteiger partial charge in [0.2, 0.25) is 0 Å². The van der Waals surface area contributed by atoms with Gasteiger partial charge in [-0.25, -0.2) is 0 Å². The monoisotopic (exact) mass is 425 g/mol. The Kier molecular flexibility index (Phi) is 4.85. The highest BCUT2D eigenvalue weighted by atomic mass is 16.6. The predicted octanol–water partition coefficient (Wildman–Crippen LogP) is 1.84. The Hall–Kier alpha value is -1.90. The average Bonchev–Trinajstić information content (AvgIpc) is 3.61. The molecule has 7 heteroatoms. The Balaban J connectivity index is 1.47. The van der Waals surface area contributed by atoms with Gasteiger partial charge in [-0.2, -0.15) is 0 Å². The Labute approximate surface area is 182 Å². The Morgan fingerprint density at radius 2 is 1.35 bits per heavy atom. The first-order valence-corrected chi connectivity index (χ1v) is 11.4. The second kappa shape index (κ2) is 7.60. The van der Waals surface area contributed by atoms with Gasteiger partial charge in [0.1, 0.15) is 0 Å². The summed E-state index contributed by atoms with van der Waals surface area (Å²) in [6.07, 6.45) is 4.26. The van der Waals surface area contributed by atoms with Crippen LogP contribution in [-0.4, -0.2) is 62.4 Å². The number of hydrogen-bond donors (Lipinski definition) is 3. The molecular formula is C24H31N3O4. The lowest BCUT2D eigenvalue weighted by atomic mass is 9.67. The molecule has 1 aromatic carbocycles. The van der Waals surface area contributed by atoms with Crippen molar-refractivity contribution in [3.05, 3.63) is 52.7 Å². The fourth-order valence-electron chi connectivity index (χ4n) is 5.08. The Morgan fingerprint density at radius 1 is 0.806 bits per heavy atom. The van der Waals surface area contributed by atoms with Gasteiger partial charge in [0.25, 0.3) is 0 Å². The van der Waals surface area contributed by atoms with Crippen LogP contribution in [0.25, 0.3) is 0 Å². The molecule has 0 spiro atoms. The molecule has 6 atom stereocenters. The number of hydrogen-bond acceptors (Lipinski definition) is 7. The minimum absolute atomic E-state index is 0.192. The van der Waals surface area contributed by atoms with E-state index in [-0.39, 0.29) is 30.5 Å². The highest BCUT2D eigenvalue weighted by Gasteiger charge is 2.52. The lowest BCUT2D eigenvalue weighted by Crippen LogP contribution is -2.60. The van der Waals surface area contributed by atoms with Gasteiger partial charge in [-0.05, 0) is 35.3 Å². The summed E-state index contributed by atoms with van der Waals surface area (Å²) in [5.41, 5.74) is 18.9. The SMILES string of the molecule is NC1=C(CC2CO2)C(CC2CO2)=C(CC2CO2)C(CC2CO2)(Nc2ccccc2)C1N. The van der Waals surface area contributed by atoms with Crippen LogP contribution in [0, 0.1) is 0 Å². The second-order valence-corrected chi connectivity index (χ2v) is 9.47. The molecule has 166 valence electrons. The van der Waals surface area contributed by atoms with Gasteiger partial charge in [0, 0.05) is 30.6 Å². The summed E-state index contributed by atoms with van der Waals surface area (Å²) in [5, 5.41) is 3.84. The van der Waals surface area contributed by atoms with Crippen molar-refractivity contribution < 1.29 is 18.9 Å². The molecule has 7 nitrogen and oxygen atoms in total. The van der Waals surface area contributed by atoms with E-state index in [9.17, 15) is 0 Å². The maximum atomic E-state index is 7.02. The number of ether oxygens (including phenoxy) is 4. The number of anilines is 1. The average molecular weight is 426 g/mol. The van der Waals surface area contributed by atoms with E-state index in [1.165, 1.54) is 16.7 Å². The zero-order valence-electron chi connectivity index (χ0n) is 17.7. The molecule has 5 N–H and O–H groups in total. The first kappa shape index (κ1) is 19.8. The van der Waals surface area contributed by atoms with E-state index in [0.29, 0.717) is 0 Å². The molecule has 4 heterocycles. The molecule has 0 amide bonds. The highest BCUT2D eigenvalue weighted by Crippen LogP contribution is 2.48. The van der Waals surface area contributed by atoms with Crippen molar-refractivity contribution in [2.45, 2.75) is 61.7 Å². The van der Waals surface area contributed by atoms with E-state index in [4.69, 9.17) is 30.4 Å². The van der Waals surface area contributed by atoms with Crippen LogP contribution >= 0.6 is 0 Å². The van der Waals surface area contributed by atoms with Gasteiger partial charge in [-0.15, -0.1) is 0 Å². The lowest BCUT2D eigenvalue weighted by Gasteiger charge is -2.48. The van der Waals surface area contributed by atoms with Crippen LogP contribution in [0.5, 0.6) is 0 Å². The number of benzene rings is 1. The van der Waals surface area contributed by atoms with Crippen molar-refractivity contribution in [3.63, 3.8) is 0 Å². The van der Waals surface area contributed by atoms with Gasteiger partial charge >= 0.3 is 0 Å². The van der Waals surface area contributed by atoms with E-state index < -0.39 is 5.54 Å². The maximum Gasteiger partial charge on any atom is 0.0850 e. The zero-order valence-corrected chi connectivity index (χ0v) is 17.7. The van der Waals surface area contributed by atoms with E-state index in [2.05, 4.69) is 17.4 Å². The van der Waals surface area contributed by atoms with Crippen LogP contribution in [0.4, 0.5) is 5.69 Å². The van der Waals surface area contributed by atoms with E-state index in [1.54, 1.807) is 0 Å². The molecule has 0 radical (unpaired) electrons. The van der Waals surface area contributed by atoms with Crippen LogP contribution in [0.15, 0.2) is 52.7 Å². The van der Waals surface area contributed by atoms with E-state index >= 15 is 0 Å². The third-order valence-corrected chi connectivity index (χ3v) is 7.08. The standard InChI is InChI=1S/C24H31N3O4/c25-22-20(7-16-11-29-16)19(6-15-10-28-15)21(8-17-12-30-17)24(23(22)26,9-18-13-31-18)27-14-4-2-1-3-5-14/h1-5,15-18,23,27H,6-13,25-26H2. The number of nitrogens with one attached hydrogen (secondary N) is 1. The van der Waals surface area contributed by atoms with Crippen LogP contribution < -0.4 is 16.8 Å². The summed E-state index contributed by atoms with van der Waals surface area (Å²) in [6.45, 7) is 3.17. The summed E-state index contributed by atoms with van der Waals surface area (Å²) in [7, 11) is 0. The van der Waals surface area contributed by atoms with Crippen molar-refractivity contribution in [3.8, 4) is 0 Å². The largest absolute Gasteiger partial charge is 0.400 e. The topological polar surface area (TPSA) is 114 Å². The molecule has 1 aromatic rings. The molecule has 0 aromatic heterocycles. The van der Waals surface area contributed by atoms with Crippen LogP contribution in [-0.2, 0) is 18.9 Å². The molecule has 4 saturated heterocycles. The van der Waals surface area contributed by atoms with Crippen molar-refractivity contribution in [2.75, 3.05) is 31.7 Å². The van der Waals surface area contributed by atoms with Crippen molar-refractivity contribution in [1.29, 1.82) is 0 Å². The van der Waals surface area contributed by atoms with Crippen molar-refractivity contribution in [1.82, 2.24) is 0 Å². The van der Waals surface area contributed by atoms with Crippen LogP contribution in [0.3, 0.4) is 0 Å². The molecular weight excluding hydrogens is 394 g/mol. The van der Waals surface area contributed by atoms with Crippen molar-refractivity contribution in [2.24, 2.45) is 11.5 Å². The molecule has 0 bridgehead atoms. The first-order chi connectivity index (χ1) is 15.1. The van der Waals surface area contributed by atoms with E-state index in [0.717, 1.165) is 63.5 Å². The van der Waals surface area contributed by atoms with Crippen LogP contribution in [0.1, 0.15) is 25.7 Å². The number of para-hydroxylation sites is 1. The fourth-order valence-corrected chi connectivity index (χ4v) is 5.08. The van der Waals surface area contributed by atoms with Gasteiger partial charge < -0.3 is 35.7 Å². The zero-order chi connectivity index (χ0) is 21.0. The summed E-state index contributed by atoms with van der Waals surface area (Å²) in [4.78, 5) is 0. The number of rotatable bonds is 10. The minimum atomic E-state index is -0.517. The molecule has 1 aliphatic carbocycles. The van der Waals surface area contributed by atoms with Crippen LogP contribution in [0.2, 0.25) is 0 Å². The first-order valence-electron chi connectivity index (χ1n) is 11.4. The molecule has 5 aliphatic rings. The summed E-state index contributed by atoms with van der Waals surface area (Å²) in [6, 6.07) is 9.92. The van der Waals surface area contributed by atoms with Gasteiger partial charge in [-0.1, -0.05) is 18.2 Å². The predicted molar refractivity (Wildman–Crippen MR) is 116 cm³/mol. The van der Waals surface area contributed by atoms with Gasteiger partial charge in [-0.3, -0.25) is 0 Å². The molecule has 6 rings (SSSR count). The normalized spacial score (nSPS) is 38.3. The summed E-state index contributed by atoms with van der Waals surface area (Å²) in [5.74, 6) is 0. The molecule has 0 saturated carbocycles. The highest BCUT2D eigenvalue weighted by molar-refractivity contribution is 5.59. The van der Waals surface area contributed by atoms with Crippen molar-refractivity contribution >= 4 is 5.69 Å². The molecule has 4 fully saturated rings. The summed E-state index contributed by atoms with van der Waals surface area (Å²) < 4.78 is 22.6. The summed E-state index contributed by atoms with van der Waals surface area (Å²) >= 11 is 0. The molecule has 6 unspecified atom stereocenters. The number of nitrogens with two attached hydrogens (primary N) is 2. The fraction of sp³-hybridized carbons (Fsp3) is 0.583. The smallest absolute Gasteiger partial charge is 0.0850 e. The third-order valence-electron chi connectivity index (χ3n) is 7.08. The maximum absolute atomic E-state index is 7.02.